The molecule has 0 unspecified atom stereocenters. The van der Waals surface area contributed by atoms with E-state index in [1.165, 1.54) is 0 Å². The van der Waals surface area contributed by atoms with Gasteiger partial charge in [-0.15, -0.1) is 0 Å². The number of hydrogen-bond acceptors (Lipinski definition) is 2. The Labute approximate surface area is 135 Å². The topological polar surface area (TPSA) is 41.4 Å². The van der Waals surface area contributed by atoms with Crippen LogP contribution in [0.25, 0.3) is 0 Å². The molecule has 1 aliphatic heterocycles. The van der Waals surface area contributed by atoms with Gasteiger partial charge < -0.3 is 9.47 Å². The molecule has 2 heterocycles. The Morgan fingerprint density at radius 2 is 2.14 bits per heavy atom. The van der Waals surface area contributed by atoms with Crippen LogP contribution in [-0.4, -0.2) is 33.6 Å². The number of rotatable bonds is 4. The first-order chi connectivity index (χ1) is 10.6. The molecule has 2 amide bonds. The average Bonchev–Trinajstić information content (AvgIpc) is 3.04. The summed E-state index contributed by atoms with van der Waals surface area (Å²) in [6, 6.07) is 7.43. The largest absolute Gasteiger partial charge is 0.333 e. The molecule has 0 radical (unpaired) electrons. The van der Waals surface area contributed by atoms with E-state index >= 15 is 0 Å². The highest BCUT2D eigenvalue weighted by molar-refractivity contribution is 6.30. The summed E-state index contributed by atoms with van der Waals surface area (Å²) in [5, 5.41) is 0.642. The second kappa shape index (κ2) is 6.01. The third-order valence-corrected chi connectivity index (χ3v) is 4.29. The predicted molar refractivity (Wildman–Crippen MR) is 87.2 cm³/mol. The molecule has 116 valence electrons. The lowest BCUT2D eigenvalue weighted by atomic mass is 10.3. The SMILES string of the molecule is CCn1cnc(C)c1CN1CCN(c2cccc(Cl)c2)C1=O. The van der Waals surface area contributed by atoms with Crippen molar-refractivity contribution in [3.05, 3.63) is 47.0 Å². The molecular weight excluding hydrogens is 300 g/mol. The number of urea groups is 1. The summed E-state index contributed by atoms with van der Waals surface area (Å²) in [6.07, 6.45) is 1.83. The lowest BCUT2D eigenvalue weighted by Crippen LogP contribution is -2.32. The number of carbonyl (C=O) groups excluding carboxylic acids is 1. The molecule has 6 heteroatoms. The van der Waals surface area contributed by atoms with Gasteiger partial charge in [0.2, 0.25) is 0 Å². The van der Waals surface area contributed by atoms with Crippen LogP contribution in [0.3, 0.4) is 0 Å². The third-order valence-electron chi connectivity index (χ3n) is 4.05. The molecule has 5 nitrogen and oxygen atoms in total. The number of imidazole rings is 1. The summed E-state index contributed by atoms with van der Waals surface area (Å²) in [5.74, 6) is 0. The van der Waals surface area contributed by atoms with Crippen molar-refractivity contribution in [1.29, 1.82) is 0 Å². The first-order valence-electron chi connectivity index (χ1n) is 7.42. The average molecular weight is 319 g/mol. The van der Waals surface area contributed by atoms with Gasteiger partial charge in [-0.2, -0.15) is 0 Å². The van der Waals surface area contributed by atoms with Crippen molar-refractivity contribution in [3.63, 3.8) is 0 Å². The van der Waals surface area contributed by atoms with Gasteiger partial charge in [0.25, 0.3) is 0 Å². The van der Waals surface area contributed by atoms with E-state index in [9.17, 15) is 4.79 Å². The second-order valence-electron chi connectivity index (χ2n) is 5.40. The van der Waals surface area contributed by atoms with E-state index in [0.29, 0.717) is 24.7 Å². The van der Waals surface area contributed by atoms with E-state index in [0.717, 1.165) is 23.6 Å². The molecule has 0 spiro atoms. The van der Waals surface area contributed by atoms with Crippen molar-refractivity contribution in [1.82, 2.24) is 14.5 Å². The lowest BCUT2D eigenvalue weighted by molar-refractivity contribution is 0.217. The maximum Gasteiger partial charge on any atom is 0.324 e. The van der Waals surface area contributed by atoms with Crippen LogP contribution >= 0.6 is 11.6 Å². The second-order valence-corrected chi connectivity index (χ2v) is 5.83. The lowest BCUT2D eigenvalue weighted by Gasteiger charge is -2.19. The number of aryl methyl sites for hydroxylation is 2. The molecule has 3 rings (SSSR count). The van der Waals surface area contributed by atoms with Crippen LogP contribution in [-0.2, 0) is 13.1 Å². The number of aromatic nitrogens is 2. The minimum atomic E-state index is 0.0190. The van der Waals surface area contributed by atoms with Crippen LogP contribution in [0.5, 0.6) is 0 Å². The van der Waals surface area contributed by atoms with E-state index < -0.39 is 0 Å². The zero-order valence-electron chi connectivity index (χ0n) is 12.8. The summed E-state index contributed by atoms with van der Waals surface area (Å²) in [4.78, 5) is 20.6. The molecule has 0 bridgehead atoms. The van der Waals surface area contributed by atoms with Gasteiger partial charge in [-0.1, -0.05) is 17.7 Å². The quantitative estimate of drug-likeness (QED) is 0.868. The number of benzene rings is 1. The van der Waals surface area contributed by atoms with Crippen LogP contribution in [0.15, 0.2) is 30.6 Å². The number of halogens is 1. The molecule has 1 aromatic heterocycles. The van der Waals surface area contributed by atoms with Gasteiger partial charge in [0.05, 0.1) is 24.3 Å². The smallest absolute Gasteiger partial charge is 0.324 e. The zero-order valence-corrected chi connectivity index (χ0v) is 13.5. The maximum absolute atomic E-state index is 12.6. The van der Waals surface area contributed by atoms with Gasteiger partial charge in [0.1, 0.15) is 0 Å². The van der Waals surface area contributed by atoms with Crippen molar-refractivity contribution >= 4 is 23.3 Å². The molecule has 1 aliphatic rings. The predicted octanol–water partition coefficient (Wildman–Crippen LogP) is 3.31. The van der Waals surface area contributed by atoms with Crippen LogP contribution in [0.4, 0.5) is 10.5 Å². The van der Waals surface area contributed by atoms with Gasteiger partial charge in [-0.05, 0) is 32.0 Å². The maximum atomic E-state index is 12.6. The Hall–Kier alpha value is -2.01. The molecule has 1 fully saturated rings. The fraction of sp³-hybridized carbons (Fsp3) is 0.375. The summed E-state index contributed by atoms with van der Waals surface area (Å²) >= 11 is 6.02. The molecule has 22 heavy (non-hydrogen) atoms. The first kappa shape index (κ1) is 14.9. The Kier molecular flexibility index (Phi) is 4.07. The van der Waals surface area contributed by atoms with Gasteiger partial charge in [-0.25, -0.2) is 9.78 Å². The van der Waals surface area contributed by atoms with E-state index in [2.05, 4.69) is 16.5 Å². The normalized spacial score (nSPS) is 15.0. The summed E-state index contributed by atoms with van der Waals surface area (Å²) in [5.41, 5.74) is 2.93. The number of carbonyl (C=O) groups is 1. The Balaban J connectivity index is 1.78. The number of anilines is 1. The van der Waals surface area contributed by atoms with Gasteiger partial charge >= 0.3 is 6.03 Å². The summed E-state index contributed by atoms with van der Waals surface area (Å²) in [7, 11) is 0. The number of amides is 2. The Bertz CT molecular complexity index is 697. The molecular formula is C16H19ClN4O. The Morgan fingerprint density at radius 1 is 1.32 bits per heavy atom. The molecule has 0 aliphatic carbocycles. The van der Waals surface area contributed by atoms with Gasteiger partial charge in [-0.3, -0.25) is 4.90 Å². The summed E-state index contributed by atoms with van der Waals surface area (Å²) in [6.45, 7) is 6.90. The van der Waals surface area contributed by atoms with Crippen LogP contribution in [0, 0.1) is 6.92 Å². The third kappa shape index (κ3) is 2.68. The Morgan fingerprint density at radius 3 is 2.86 bits per heavy atom. The van der Waals surface area contributed by atoms with Crippen molar-refractivity contribution in [3.8, 4) is 0 Å². The summed E-state index contributed by atoms with van der Waals surface area (Å²) < 4.78 is 2.09. The number of hydrogen-bond donors (Lipinski definition) is 0. The van der Waals surface area contributed by atoms with E-state index in [-0.39, 0.29) is 6.03 Å². The molecule has 0 atom stereocenters. The van der Waals surface area contributed by atoms with Crippen LogP contribution in [0.1, 0.15) is 18.3 Å². The van der Waals surface area contributed by atoms with E-state index in [4.69, 9.17) is 11.6 Å². The number of nitrogens with zero attached hydrogens (tertiary/aromatic N) is 4. The van der Waals surface area contributed by atoms with Crippen LogP contribution in [0.2, 0.25) is 5.02 Å². The zero-order chi connectivity index (χ0) is 15.7. The highest BCUT2D eigenvalue weighted by Gasteiger charge is 2.30. The minimum Gasteiger partial charge on any atom is -0.333 e. The monoisotopic (exact) mass is 318 g/mol. The van der Waals surface area contributed by atoms with Crippen LogP contribution < -0.4 is 4.90 Å². The van der Waals surface area contributed by atoms with Crippen molar-refractivity contribution in [2.75, 3.05) is 18.0 Å². The van der Waals surface area contributed by atoms with E-state index in [1.54, 1.807) is 4.90 Å². The molecule has 0 N–H and O–H groups in total. The fourth-order valence-corrected chi connectivity index (χ4v) is 2.96. The minimum absolute atomic E-state index is 0.0190. The van der Waals surface area contributed by atoms with Gasteiger partial charge in [0.15, 0.2) is 0 Å². The van der Waals surface area contributed by atoms with Crippen molar-refractivity contribution < 1.29 is 4.79 Å². The van der Waals surface area contributed by atoms with Gasteiger partial charge in [0, 0.05) is 30.3 Å². The molecule has 1 saturated heterocycles. The standard InChI is InChI=1S/C16H19ClN4O/c1-3-19-11-18-12(2)15(19)10-20-7-8-21(16(20)22)14-6-4-5-13(17)9-14/h4-6,9,11H,3,7-8,10H2,1-2H3. The fourth-order valence-electron chi connectivity index (χ4n) is 2.78. The highest BCUT2D eigenvalue weighted by atomic mass is 35.5. The first-order valence-corrected chi connectivity index (χ1v) is 7.80. The molecule has 1 aromatic carbocycles. The molecule has 0 saturated carbocycles. The molecule has 2 aromatic rings. The van der Waals surface area contributed by atoms with E-state index in [1.807, 2.05) is 42.4 Å². The van der Waals surface area contributed by atoms with Crippen molar-refractivity contribution in [2.45, 2.75) is 26.9 Å². The van der Waals surface area contributed by atoms with Crippen molar-refractivity contribution in [2.24, 2.45) is 0 Å². The highest BCUT2D eigenvalue weighted by Crippen LogP contribution is 2.24.